The molecule has 1 unspecified atom stereocenters. The van der Waals surface area contributed by atoms with E-state index in [1.807, 2.05) is 11.9 Å². The number of carbonyl (C=O) groups excluding carboxylic acids is 1. The Morgan fingerprint density at radius 3 is 2.24 bits per heavy atom. The summed E-state index contributed by atoms with van der Waals surface area (Å²) in [5.41, 5.74) is 5.69. The Balaban J connectivity index is 4.14. The van der Waals surface area contributed by atoms with Crippen LogP contribution in [-0.4, -0.2) is 30.9 Å². The number of hydrogen-bond acceptors (Lipinski definition) is 2. The largest absolute Gasteiger partial charge is 0.345 e. The van der Waals surface area contributed by atoms with Gasteiger partial charge >= 0.3 is 0 Å². The van der Waals surface area contributed by atoms with Gasteiger partial charge < -0.3 is 10.6 Å². The molecule has 0 aromatic rings. The first-order chi connectivity index (χ1) is 7.68. The van der Waals surface area contributed by atoms with Crippen LogP contribution in [-0.2, 0) is 4.79 Å². The van der Waals surface area contributed by atoms with Crippen molar-refractivity contribution in [1.82, 2.24) is 4.90 Å². The van der Waals surface area contributed by atoms with Gasteiger partial charge in [-0.15, -0.1) is 0 Å². The number of carbonyl (C=O) groups is 1. The van der Waals surface area contributed by atoms with Crippen molar-refractivity contribution >= 4 is 5.91 Å². The van der Waals surface area contributed by atoms with Gasteiger partial charge in [0.15, 0.2) is 0 Å². The SMILES string of the molecule is CC(C)CC(C)CC(=O)N(C)CC(C)(C)CN. The van der Waals surface area contributed by atoms with E-state index in [2.05, 4.69) is 34.6 Å². The first-order valence-corrected chi connectivity index (χ1v) is 6.62. The molecule has 0 aliphatic rings. The van der Waals surface area contributed by atoms with Crippen LogP contribution >= 0.6 is 0 Å². The highest BCUT2D eigenvalue weighted by molar-refractivity contribution is 5.76. The Labute approximate surface area is 107 Å². The average Bonchev–Trinajstić information content (AvgIpc) is 2.15. The molecule has 0 saturated carbocycles. The maximum absolute atomic E-state index is 12.0. The number of nitrogens with zero attached hydrogens (tertiary/aromatic N) is 1. The van der Waals surface area contributed by atoms with Crippen LogP contribution in [0.4, 0.5) is 0 Å². The van der Waals surface area contributed by atoms with Crippen molar-refractivity contribution in [3.63, 3.8) is 0 Å². The number of nitrogens with two attached hydrogens (primary N) is 1. The fraction of sp³-hybridized carbons (Fsp3) is 0.929. The van der Waals surface area contributed by atoms with E-state index >= 15 is 0 Å². The van der Waals surface area contributed by atoms with E-state index in [0.717, 1.165) is 13.0 Å². The highest BCUT2D eigenvalue weighted by atomic mass is 16.2. The molecule has 0 aliphatic carbocycles. The smallest absolute Gasteiger partial charge is 0.222 e. The van der Waals surface area contributed by atoms with Crippen molar-refractivity contribution in [3.8, 4) is 0 Å². The van der Waals surface area contributed by atoms with E-state index in [9.17, 15) is 4.79 Å². The summed E-state index contributed by atoms with van der Waals surface area (Å²) in [7, 11) is 1.88. The number of rotatable bonds is 7. The van der Waals surface area contributed by atoms with Crippen molar-refractivity contribution in [2.24, 2.45) is 23.0 Å². The Morgan fingerprint density at radius 2 is 1.82 bits per heavy atom. The predicted octanol–water partition coefficient (Wildman–Crippen LogP) is 2.50. The standard InChI is InChI=1S/C14H30N2O/c1-11(2)7-12(3)8-13(17)16(6)10-14(4,5)9-15/h11-12H,7-10,15H2,1-6H3. The summed E-state index contributed by atoms with van der Waals surface area (Å²) in [6, 6.07) is 0. The minimum absolute atomic E-state index is 0.00565. The summed E-state index contributed by atoms with van der Waals surface area (Å²) in [4.78, 5) is 13.8. The van der Waals surface area contributed by atoms with Crippen LogP contribution in [0.5, 0.6) is 0 Å². The van der Waals surface area contributed by atoms with Gasteiger partial charge in [0, 0.05) is 20.0 Å². The molecule has 2 N–H and O–H groups in total. The van der Waals surface area contributed by atoms with Gasteiger partial charge in [-0.1, -0.05) is 34.6 Å². The second kappa shape index (κ2) is 7.00. The Bertz CT molecular complexity index is 236. The van der Waals surface area contributed by atoms with E-state index in [0.29, 0.717) is 24.8 Å². The Hall–Kier alpha value is -0.570. The third kappa shape index (κ3) is 7.37. The maximum atomic E-state index is 12.0. The summed E-state index contributed by atoms with van der Waals surface area (Å²) in [5, 5.41) is 0. The fourth-order valence-corrected chi connectivity index (χ4v) is 2.14. The van der Waals surface area contributed by atoms with Crippen LogP contribution in [0.15, 0.2) is 0 Å². The van der Waals surface area contributed by atoms with Gasteiger partial charge in [-0.05, 0) is 30.2 Å². The molecule has 0 spiro atoms. The van der Waals surface area contributed by atoms with Crippen LogP contribution in [0.25, 0.3) is 0 Å². The van der Waals surface area contributed by atoms with Gasteiger partial charge in [0.25, 0.3) is 0 Å². The van der Waals surface area contributed by atoms with Crippen molar-refractivity contribution < 1.29 is 4.79 Å². The normalized spacial score (nSPS) is 13.9. The summed E-state index contributed by atoms with van der Waals surface area (Å²) in [6.45, 7) is 12.1. The van der Waals surface area contributed by atoms with Crippen LogP contribution < -0.4 is 5.73 Å². The first kappa shape index (κ1) is 16.4. The zero-order valence-electron chi connectivity index (χ0n) is 12.4. The van der Waals surface area contributed by atoms with E-state index in [1.165, 1.54) is 0 Å². The van der Waals surface area contributed by atoms with Gasteiger partial charge in [0.1, 0.15) is 0 Å². The lowest BCUT2D eigenvalue weighted by atomic mass is 9.92. The van der Waals surface area contributed by atoms with Gasteiger partial charge in [-0.2, -0.15) is 0 Å². The molecule has 0 aromatic carbocycles. The molecule has 0 saturated heterocycles. The lowest BCUT2D eigenvalue weighted by Gasteiger charge is -2.29. The van der Waals surface area contributed by atoms with Gasteiger partial charge in [0.2, 0.25) is 5.91 Å². The molecule has 3 heteroatoms. The van der Waals surface area contributed by atoms with Crippen molar-refractivity contribution in [2.75, 3.05) is 20.1 Å². The summed E-state index contributed by atoms with van der Waals surface area (Å²) in [6.07, 6.45) is 1.76. The molecule has 102 valence electrons. The minimum Gasteiger partial charge on any atom is -0.345 e. The number of hydrogen-bond donors (Lipinski definition) is 1. The molecular weight excluding hydrogens is 212 g/mol. The Kier molecular flexibility index (Phi) is 6.76. The lowest BCUT2D eigenvalue weighted by molar-refractivity contribution is -0.132. The van der Waals surface area contributed by atoms with Crippen molar-refractivity contribution in [1.29, 1.82) is 0 Å². The van der Waals surface area contributed by atoms with E-state index in [1.54, 1.807) is 0 Å². The molecule has 3 nitrogen and oxygen atoms in total. The van der Waals surface area contributed by atoms with E-state index in [4.69, 9.17) is 5.73 Å². The van der Waals surface area contributed by atoms with Crippen LogP contribution in [0, 0.1) is 17.3 Å². The Morgan fingerprint density at radius 1 is 1.29 bits per heavy atom. The van der Waals surface area contributed by atoms with Crippen molar-refractivity contribution in [3.05, 3.63) is 0 Å². The third-order valence-corrected chi connectivity index (χ3v) is 3.04. The average molecular weight is 242 g/mol. The minimum atomic E-state index is 0.00565. The molecule has 0 fully saturated rings. The van der Waals surface area contributed by atoms with Gasteiger partial charge in [0.05, 0.1) is 0 Å². The molecule has 0 bridgehead atoms. The third-order valence-electron chi connectivity index (χ3n) is 3.04. The van der Waals surface area contributed by atoms with Gasteiger partial charge in [-0.3, -0.25) is 4.79 Å². The fourth-order valence-electron chi connectivity index (χ4n) is 2.14. The zero-order chi connectivity index (χ0) is 13.6. The second-order valence-electron chi connectivity index (χ2n) is 6.56. The van der Waals surface area contributed by atoms with Crippen LogP contribution in [0.2, 0.25) is 0 Å². The molecule has 17 heavy (non-hydrogen) atoms. The highest BCUT2D eigenvalue weighted by Gasteiger charge is 2.22. The summed E-state index contributed by atoms with van der Waals surface area (Å²) >= 11 is 0. The topological polar surface area (TPSA) is 46.3 Å². The second-order valence-corrected chi connectivity index (χ2v) is 6.56. The summed E-state index contributed by atoms with van der Waals surface area (Å²) < 4.78 is 0. The maximum Gasteiger partial charge on any atom is 0.222 e. The molecule has 1 atom stereocenters. The molecule has 0 radical (unpaired) electrons. The highest BCUT2D eigenvalue weighted by Crippen LogP contribution is 2.18. The summed E-state index contributed by atoms with van der Waals surface area (Å²) in [5.74, 6) is 1.36. The van der Waals surface area contributed by atoms with Crippen molar-refractivity contribution in [2.45, 2.75) is 47.5 Å². The molecule has 0 aromatic heterocycles. The van der Waals surface area contributed by atoms with Crippen LogP contribution in [0.3, 0.4) is 0 Å². The van der Waals surface area contributed by atoms with E-state index < -0.39 is 0 Å². The number of amides is 1. The molecule has 1 amide bonds. The first-order valence-electron chi connectivity index (χ1n) is 6.62. The van der Waals surface area contributed by atoms with Crippen LogP contribution in [0.1, 0.15) is 47.5 Å². The zero-order valence-corrected chi connectivity index (χ0v) is 12.4. The monoisotopic (exact) mass is 242 g/mol. The quantitative estimate of drug-likeness (QED) is 0.745. The predicted molar refractivity (Wildman–Crippen MR) is 73.7 cm³/mol. The van der Waals surface area contributed by atoms with E-state index in [-0.39, 0.29) is 11.3 Å². The molecule has 0 aliphatic heterocycles. The molecular formula is C14H30N2O. The molecule has 0 rings (SSSR count). The molecule has 0 heterocycles. The van der Waals surface area contributed by atoms with Gasteiger partial charge in [-0.25, -0.2) is 0 Å². The lowest BCUT2D eigenvalue weighted by Crippen LogP contribution is -2.40.